The predicted octanol–water partition coefficient (Wildman–Crippen LogP) is 3.53. The molecule has 2 heterocycles. The topological polar surface area (TPSA) is 17.3 Å². The summed E-state index contributed by atoms with van der Waals surface area (Å²) < 4.78 is 2.28. The van der Waals surface area contributed by atoms with Crippen molar-refractivity contribution in [1.82, 2.24) is 9.38 Å². The molecule has 2 aromatic heterocycles. The van der Waals surface area contributed by atoms with Crippen LogP contribution in [-0.4, -0.2) is 9.38 Å². The highest BCUT2D eigenvalue weighted by atomic mass is 32.1. The summed E-state index contributed by atoms with van der Waals surface area (Å²) in [5.74, 6) is 0.797. The van der Waals surface area contributed by atoms with Gasteiger partial charge in [-0.2, -0.15) is 0 Å². The SMILES string of the molecule is C1=C2c3nc4sccn4c3CC[C@H]2CCC1. The zero-order valence-corrected chi connectivity index (χ0v) is 9.96. The molecule has 0 saturated heterocycles. The summed E-state index contributed by atoms with van der Waals surface area (Å²) in [6.07, 6.45) is 11.1. The van der Waals surface area contributed by atoms with Gasteiger partial charge in [-0.25, -0.2) is 4.98 Å². The maximum atomic E-state index is 4.81. The van der Waals surface area contributed by atoms with Gasteiger partial charge < -0.3 is 0 Å². The number of rotatable bonds is 0. The number of thiazole rings is 1. The molecule has 0 fully saturated rings. The van der Waals surface area contributed by atoms with Crippen LogP contribution in [0, 0.1) is 5.92 Å². The van der Waals surface area contributed by atoms with Crippen LogP contribution in [-0.2, 0) is 6.42 Å². The lowest BCUT2D eigenvalue weighted by molar-refractivity contribution is 0.503. The molecule has 0 aromatic carbocycles. The number of hydrogen-bond acceptors (Lipinski definition) is 2. The smallest absolute Gasteiger partial charge is 0.194 e. The third-order valence-corrected chi connectivity index (χ3v) is 4.68. The van der Waals surface area contributed by atoms with E-state index in [4.69, 9.17) is 4.98 Å². The molecular formula is C13H14N2S. The molecule has 16 heavy (non-hydrogen) atoms. The van der Waals surface area contributed by atoms with E-state index >= 15 is 0 Å². The van der Waals surface area contributed by atoms with E-state index < -0.39 is 0 Å². The average molecular weight is 230 g/mol. The normalized spacial score (nSPS) is 24.0. The Labute approximate surface area is 98.6 Å². The second kappa shape index (κ2) is 3.20. The van der Waals surface area contributed by atoms with Gasteiger partial charge in [0.1, 0.15) is 0 Å². The lowest BCUT2D eigenvalue weighted by Gasteiger charge is -2.28. The predicted molar refractivity (Wildman–Crippen MR) is 66.7 cm³/mol. The molecule has 2 nitrogen and oxygen atoms in total. The molecule has 2 aromatic rings. The van der Waals surface area contributed by atoms with Crippen LogP contribution in [0.3, 0.4) is 0 Å². The van der Waals surface area contributed by atoms with Crippen molar-refractivity contribution >= 4 is 21.9 Å². The molecular weight excluding hydrogens is 216 g/mol. The fraction of sp³-hybridized carbons (Fsp3) is 0.462. The largest absolute Gasteiger partial charge is 0.294 e. The first-order valence-corrected chi connectivity index (χ1v) is 6.96. The third kappa shape index (κ3) is 1.09. The molecule has 2 aliphatic rings. The molecule has 3 heteroatoms. The van der Waals surface area contributed by atoms with E-state index in [0.717, 1.165) is 10.9 Å². The van der Waals surface area contributed by atoms with Crippen LogP contribution in [0.15, 0.2) is 17.7 Å². The quantitative estimate of drug-likeness (QED) is 0.677. The van der Waals surface area contributed by atoms with Gasteiger partial charge in [0.15, 0.2) is 4.96 Å². The van der Waals surface area contributed by atoms with Crippen LogP contribution in [0.1, 0.15) is 37.1 Å². The standard InChI is InChI=1S/C13H14N2S/c1-2-4-10-9(3-1)5-6-11-12(10)14-13-15(11)7-8-16-13/h4,7-9H,1-3,5-6H2/t9-/m1/s1. The molecule has 82 valence electrons. The molecule has 0 N–H and O–H groups in total. The van der Waals surface area contributed by atoms with Crippen molar-refractivity contribution in [3.63, 3.8) is 0 Å². The molecule has 0 radical (unpaired) electrons. The lowest BCUT2D eigenvalue weighted by Crippen LogP contribution is -2.16. The minimum absolute atomic E-state index is 0.797. The molecule has 0 unspecified atom stereocenters. The second-order valence-corrected chi connectivity index (χ2v) is 5.66. The van der Waals surface area contributed by atoms with Crippen molar-refractivity contribution in [3.8, 4) is 0 Å². The summed E-state index contributed by atoms with van der Waals surface area (Å²) in [6.45, 7) is 0. The van der Waals surface area contributed by atoms with Crippen LogP contribution in [0.2, 0.25) is 0 Å². The van der Waals surface area contributed by atoms with E-state index in [0.29, 0.717) is 0 Å². The summed E-state index contributed by atoms with van der Waals surface area (Å²) in [4.78, 5) is 5.97. The Morgan fingerprint density at radius 1 is 1.38 bits per heavy atom. The number of hydrogen-bond donors (Lipinski definition) is 0. The zero-order chi connectivity index (χ0) is 10.5. The van der Waals surface area contributed by atoms with Gasteiger partial charge in [0.2, 0.25) is 0 Å². The average Bonchev–Trinajstić information content (AvgIpc) is 2.88. The molecule has 0 aliphatic heterocycles. The Balaban J connectivity index is 1.97. The highest BCUT2D eigenvalue weighted by Crippen LogP contribution is 2.41. The van der Waals surface area contributed by atoms with Gasteiger partial charge in [-0.15, -0.1) is 11.3 Å². The minimum atomic E-state index is 0.797. The fourth-order valence-corrected chi connectivity index (χ4v) is 3.88. The molecule has 4 rings (SSSR count). The van der Waals surface area contributed by atoms with Gasteiger partial charge in [-0.3, -0.25) is 4.40 Å². The lowest BCUT2D eigenvalue weighted by atomic mass is 9.78. The van der Waals surface area contributed by atoms with E-state index in [1.807, 2.05) is 0 Å². The Morgan fingerprint density at radius 3 is 3.38 bits per heavy atom. The number of aryl methyl sites for hydroxylation is 1. The molecule has 0 saturated carbocycles. The van der Waals surface area contributed by atoms with Crippen LogP contribution in [0.25, 0.3) is 10.5 Å². The zero-order valence-electron chi connectivity index (χ0n) is 9.15. The van der Waals surface area contributed by atoms with Gasteiger partial charge in [-0.1, -0.05) is 6.08 Å². The second-order valence-electron chi connectivity index (χ2n) is 4.79. The summed E-state index contributed by atoms with van der Waals surface area (Å²) >= 11 is 1.74. The van der Waals surface area contributed by atoms with Crippen LogP contribution >= 0.6 is 11.3 Å². The van der Waals surface area contributed by atoms with E-state index in [9.17, 15) is 0 Å². The number of allylic oxidation sites excluding steroid dienone is 2. The number of fused-ring (bicyclic) bond motifs is 5. The van der Waals surface area contributed by atoms with Crippen LogP contribution in [0.5, 0.6) is 0 Å². The Kier molecular flexibility index (Phi) is 1.80. The number of imidazole rings is 1. The first kappa shape index (κ1) is 8.99. The van der Waals surface area contributed by atoms with Crippen LogP contribution in [0.4, 0.5) is 0 Å². The maximum absolute atomic E-state index is 4.81. The van der Waals surface area contributed by atoms with Gasteiger partial charge >= 0.3 is 0 Å². The van der Waals surface area contributed by atoms with Crippen molar-refractivity contribution in [2.24, 2.45) is 5.92 Å². The summed E-state index contributed by atoms with van der Waals surface area (Å²) in [7, 11) is 0. The van der Waals surface area contributed by atoms with Gasteiger partial charge in [-0.05, 0) is 43.6 Å². The molecule has 1 atom stereocenters. The number of aromatic nitrogens is 2. The Hall–Kier alpha value is -1.09. The monoisotopic (exact) mass is 230 g/mol. The molecule has 2 aliphatic carbocycles. The van der Waals surface area contributed by atoms with E-state index in [1.54, 1.807) is 16.9 Å². The highest BCUT2D eigenvalue weighted by molar-refractivity contribution is 7.15. The first-order chi connectivity index (χ1) is 7.93. The highest BCUT2D eigenvalue weighted by Gasteiger charge is 2.29. The van der Waals surface area contributed by atoms with E-state index in [1.165, 1.54) is 43.5 Å². The van der Waals surface area contributed by atoms with Gasteiger partial charge in [0.05, 0.1) is 11.4 Å². The van der Waals surface area contributed by atoms with Gasteiger partial charge in [0.25, 0.3) is 0 Å². The number of nitrogens with zero attached hydrogens (tertiary/aromatic N) is 2. The van der Waals surface area contributed by atoms with Crippen molar-refractivity contribution in [2.45, 2.75) is 32.1 Å². The molecule has 0 amide bonds. The summed E-state index contributed by atoms with van der Waals surface area (Å²) in [5, 5.41) is 2.13. The fourth-order valence-electron chi connectivity index (χ4n) is 3.15. The van der Waals surface area contributed by atoms with Crippen molar-refractivity contribution in [1.29, 1.82) is 0 Å². The van der Waals surface area contributed by atoms with Crippen molar-refractivity contribution < 1.29 is 0 Å². The molecule has 0 bridgehead atoms. The summed E-state index contributed by atoms with van der Waals surface area (Å²) in [6, 6.07) is 0. The van der Waals surface area contributed by atoms with E-state index in [-0.39, 0.29) is 0 Å². The summed E-state index contributed by atoms with van der Waals surface area (Å²) in [5.41, 5.74) is 4.30. The third-order valence-electron chi connectivity index (χ3n) is 3.92. The van der Waals surface area contributed by atoms with Crippen LogP contribution < -0.4 is 0 Å². The minimum Gasteiger partial charge on any atom is -0.294 e. The Morgan fingerprint density at radius 2 is 2.38 bits per heavy atom. The maximum Gasteiger partial charge on any atom is 0.194 e. The first-order valence-electron chi connectivity index (χ1n) is 6.08. The van der Waals surface area contributed by atoms with Crippen molar-refractivity contribution in [2.75, 3.05) is 0 Å². The van der Waals surface area contributed by atoms with Gasteiger partial charge in [0, 0.05) is 11.6 Å². The Bertz CT molecular complexity index is 576. The van der Waals surface area contributed by atoms with E-state index in [2.05, 4.69) is 22.1 Å². The van der Waals surface area contributed by atoms with Crippen molar-refractivity contribution in [3.05, 3.63) is 29.0 Å². The molecule has 0 spiro atoms.